The minimum Gasteiger partial charge on any atom is -0.448 e. The molecule has 7 nitrogen and oxygen atoms in total. The molecule has 198 valence electrons. The third-order valence-corrected chi connectivity index (χ3v) is 7.47. The van der Waals surface area contributed by atoms with Crippen molar-refractivity contribution in [3.05, 3.63) is 107 Å². The first-order chi connectivity index (χ1) is 18.6. The van der Waals surface area contributed by atoms with Crippen molar-refractivity contribution in [3.63, 3.8) is 0 Å². The van der Waals surface area contributed by atoms with E-state index in [0.717, 1.165) is 43.4 Å². The summed E-state index contributed by atoms with van der Waals surface area (Å²) in [7, 11) is 0. The molecule has 1 aliphatic rings. The standard InChI is InChI=1S/C31H36N4O3/c1-24(34(21-25-11-4-2-5-12-25)22-26-13-6-3-7-14-26)23-38-31(37)33-19-10-15-27(18-20-33)35-29-17-9-8-16-28(29)32-30(35)36/h2-9,11-14,16-17,24,27H,10,15,18-23H2,1H3,(H,32,36)/t24?,27-/m0/s1. The van der Waals surface area contributed by atoms with Crippen molar-refractivity contribution in [2.24, 2.45) is 0 Å². The molecule has 0 aliphatic carbocycles. The smallest absolute Gasteiger partial charge is 0.409 e. The van der Waals surface area contributed by atoms with Crippen LogP contribution in [0.1, 0.15) is 43.4 Å². The highest BCUT2D eigenvalue weighted by Gasteiger charge is 2.25. The minimum atomic E-state index is -0.275. The Labute approximate surface area is 223 Å². The van der Waals surface area contributed by atoms with Gasteiger partial charge in [0, 0.05) is 38.3 Å². The van der Waals surface area contributed by atoms with Crippen LogP contribution in [0.4, 0.5) is 4.79 Å². The molecule has 0 spiro atoms. The Morgan fingerprint density at radius 2 is 1.55 bits per heavy atom. The molecule has 4 aromatic rings. The van der Waals surface area contributed by atoms with Crippen LogP contribution in [0.15, 0.2) is 89.7 Å². The van der Waals surface area contributed by atoms with Crippen LogP contribution in [-0.4, -0.2) is 51.2 Å². The Balaban J connectivity index is 1.20. The molecule has 1 fully saturated rings. The Bertz CT molecular complexity index is 1340. The number of hydrogen-bond acceptors (Lipinski definition) is 4. The molecule has 1 amide bonds. The molecule has 1 aromatic heterocycles. The van der Waals surface area contributed by atoms with Gasteiger partial charge in [0.15, 0.2) is 0 Å². The van der Waals surface area contributed by atoms with Gasteiger partial charge in [-0.05, 0) is 49.4 Å². The number of aromatic amines is 1. The monoisotopic (exact) mass is 512 g/mol. The first-order valence-corrected chi connectivity index (χ1v) is 13.5. The zero-order valence-corrected chi connectivity index (χ0v) is 22.0. The van der Waals surface area contributed by atoms with E-state index in [4.69, 9.17) is 4.74 Å². The number of nitrogens with zero attached hydrogens (tertiary/aromatic N) is 3. The van der Waals surface area contributed by atoms with Gasteiger partial charge in [0.2, 0.25) is 0 Å². The predicted octanol–water partition coefficient (Wildman–Crippen LogP) is 5.58. The molecule has 2 heterocycles. The number of H-pyrrole nitrogens is 1. The molecule has 3 aromatic carbocycles. The molecule has 0 radical (unpaired) electrons. The highest BCUT2D eigenvalue weighted by Crippen LogP contribution is 2.25. The van der Waals surface area contributed by atoms with Gasteiger partial charge in [-0.25, -0.2) is 9.59 Å². The van der Waals surface area contributed by atoms with E-state index in [-0.39, 0.29) is 23.9 Å². The maximum absolute atomic E-state index is 13.1. The third-order valence-electron chi connectivity index (χ3n) is 7.47. The van der Waals surface area contributed by atoms with Crippen molar-refractivity contribution in [2.45, 2.75) is 51.4 Å². The van der Waals surface area contributed by atoms with Gasteiger partial charge >= 0.3 is 11.8 Å². The van der Waals surface area contributed by atoms with Crippen LogP contribution in [0.5, 0.6) is 0 Å². The largest absolute Gasteiger partial charge is 0.448 e. The summed E-state index contributed by atoms with van der Waals surface area (Å²) in [5, 5.41) is 0. The summed E-state index contributed by atoms with van der Waals surface area (Å²) in [6.45, 7) is 5.19. The van der Waals surface area contributed by atoms with E-state index in [1.54, 1.807) is 4.90 Å². The fraction of sp³-hybridized carbons (Fsp3) is 0.355. The van der Waals surface area contributed by atoms with Crippen LogP contribution in [0.25, 0.3) is 11.0 Å². The lowest BCUT2D eigenvalue weighted by Gasteiger charge is -2.30. The summed E-state index contributed by atoms with van der Waals surface area (Å²) in [6.07, 6.45) is 2.13. The lowest BCUT2D eigenvalue weighted by Crippen LogP contribution is -2.39. The van der Waals surface area contributed by atoms with Gasteiger partial charge in [0.1, 0.15) is 6.61 Å². The van der Waals surface area contributed by atoms with E-state index in [1.807, 2.05) is 41.0 Å². The average Bonchev–Trinajstić information content (AvgIpc) is 3.10. The second-order valence-electron chi connectivity index (χ2n) is 10.2. The summed E-state index contributed by atoms with van der Waals surface area (Å²) in [5.74, 6) is 0. The van der Waals surface area contributed by atoms with E-state index in [1.165, 1.54) is 11.1 Å². The molecule has 2 atom stereocenters. The number of hydrogen-bond donors (Lipinski definition) is 1. The molecule has 5 rings (SSSR count). The van der Waals surface area contributed by atoms with Gasteiger partial charge in [-0.1, -0.05) is 72.8 Å². The quantitative estimate of drug-likeness (QED) is 0.334. The highest BCUT2D eigenvalue weighted by molar-refractivity contribution is 5.75. The van der Waals surface area contributed by atoms with Crippen molar-refractivity contribution in [1.29, 1.82) is 0 Å². The summed E-state index contributed by atoms with van der Waals surface area (Å²) in [5.41, 5.74) is 4.14. The number of fused-ring (bicyclic) bond motifs is 1. The van der Waals surface area contributed by atoms with Gasteiger partial charge in [-0.15, -0.1) is 0 Å². The summed E-state index contributed by atoms with van der Waals surface area (Å²) >= 11 is 0. The van der Waals surface area contributed by atoms with Crippen molar-refractivity contribution in [1.82, 2.24) is 19.4 Å². The SMILES string of the molecule is CC(COC(=O)N1CCC[C@H](n2c(=O)[nH]c3ccccc32)CC1)N(Cc1ccccc1)Cc1ccccc1. The molecule has 0 bridgehead atoms. The second kappa shape index (κ2) is 12.1. The van der Waals surface area contributed by atoms with Crippen LogP contribution in [0.3, 0.4) is 0 Å². The maximum atomic E-state index is 13.1. The van der Waals surface area contributed by atoms with Crippen LogP contribution in [0.2, 0.25) is 0 Å². The number of para-hydroxylation sites is 2. The number of rotatable bonds is 8. The van der Waals surface area contributed by atoms with Gasteiger partial charge in [0.05, 0.1) is 11.0 Å². The molecule has 7 heteroatoms. The first kappa shape index (κ1) is 25.8. The van der Waals surface area contributed by atoms with Crippen molar-refractivity contribution < 1.29 is 9.53 Å². The zero-order chi connectivity index (χ0) is 26.3. The third kappa shape index (κ3) is 6.17. The topological polar surface area (TPSA) is 70.6 Å². The predicted molar refractivity (Wildman–Crippen MR) is 150 cm³/mol. The Hall–Kier alpha value is -3.84. The van der Waals surface area contributed by atoms with Crippen LogP contribution in [-0.2, 0) is 17.8 Å². The number of ether oxygens (including phenoxy) is 1. The Morgan fingerprint density at radius 1 is 0.921 bits per heavy atom. The van der Waals surface area contributed by atoms with E-state index >= 15 is 0 Å². The number of carbonyl (C=O) groups is 1. The van der Waals surface area contributed by atoms with Crippen LogP contribution >= 0.6 is 0 Å². The molecule has 0 saturated carbocycles. The maximum Gasteiger partial charge on any atom is 0.409 e. The molecule has 1 N–H and O–H groups in total. The summed E-state index contributed by atoms with van der Waals surface area (Å²) in [6, 6.07) is 28.7. The number of amides is 1. The fourth-order valence-electron chi connectivity index (χ4n) is 5.35. The fourth-order valence-corrected chi connectivity index (χ4v) is 5.35. The van der Waals surface area contributed by atoms with E-state index in [0.29, 0.717) is 19.7 Å². The molecule has 38 heavy (non-hydrogen) atoms. The molecule has 1 saturated heterocycles. The van der Waals surface area contributed by atoms with Gasteiger partial charge in [0.25, 0.3) is 0 Å². The number of aromatic nitrogens is 2. The second-order valence-corrected chi connectivity index (χ2v) is 10.2. The number of imidazole rings is 1. The number of nitrogens with one attached hydrogen (secondary N) is 1. The van der Waals surface area contributed by atoms with Gasteiger partial charge in [-0.2, -0.15) is 0 Å². The zero-order valence-electron chi connectivity index (χ0n) is 22.0. The van der Waals surface area contributed by atoms with Crippen molar-refractivity contribution in [2.75, 3.05) is 19.7 Å². The average molecular weight is 513 g/mol. The molecule has 1 unspecified atom stereocenters. The lowest BCUT2D eigenvalue weighted by atomic mass is 10.1. The summed E-state index contributed by atoms with van der Waals surface area (Å²) in [4.78, 5) is 32.8. The van der Waals surface area contributed by atoms with E-state index in [2.05, 4.69) is 65.3 Å². The van der Waals surface area contributed by atoms with Crippen molar-refractivity contribution >= 4 is 17.1 Å². The Morgan fingerprint density at radius 3 is 2.24 bits per heavy atom. The van der Waals surface area contributed by atoms with Crippen molar-refractivity contribution in [3.8, 4) is 0 Å². The molecule has 1 aliphatic heterocycles. The van der Waals surface area contributed by atoms with Gasteiger partial charge in [-0.3, -0.25) is 9.47 Å². The van der Waals surface area contributed by atoms with Gasteiger partial charge < -0.3 is 14.6 Å². The first-order valence-electron chi connectivity index (χ1n) is 13.5. The summed E-state index contributed by atoms with van der Waals surface area (Å²) < 4.78 is 7.70. The highest BCUT2D eigenvalue weighted by atomic mass is 16.6. The number of likely N-dealkylation sites (tertiary alicyclic amines) is 1. The number of carbonyl (C=O) groups excluding carboxylic acids is 1. The van der Waals surface area contributed by atoms with Crippen LogP contribution < -0.4 is 5.69 Å². The Kier molecular flexibility index (Phi) is 8.24. The molecular weight excluding hydrogens is 476 g/mol. The van der Waals surface area contributed by atoms with E-state index < -0.39 is 0 Å². The lowest BCUT2D eigenvalue weighted by molar-refractivity contribution is 0.0646. The minimum absolute atomic E-state index is 0.0453. The number of benzene rings is 3. The molecular formula is C31H36N4O3. The normalized spacial score (nSPS) is 16.9. The van der Waals surface area contributed by atoms with Crippen LogP contribution in [0, 0.1) is 0 Å². The van der Waals surface area contributed by atoms with E-state index in [9.17, 15) is 9.59 Å².